The first-order chi connectivity index (χ1) is 18.9. The van der Waals surface area contributed by atoms with Gasteiger partial charge in [-0.3, -0.25) is 0 Å². The highest BCUT2D eigenvalue weighted by molar-refractivity contribution is 6.82. The van der Waals surface area contributed by atoms with Gasteiger partial charge in [0.1, 0.15) is 11.5 Å². The minimum atomic E-state index is -2.11. The quantitative estimate of drug-likeness (QED) is 0.232. The Labute approximate surface area is 233 Å². The summed E-state index contributed by atoms with van der Waals surface area (Å²) in [5.41, 5.74) is 13.9. The van der Waals surface area contributed by atoms with Crippen LogP contribution in [-0.2, 0) is 0 Å². The molecule has 0 heterocycles. The molecular weight excluding hydrogens is 492 g/mol. The van der Waals surface area contributed by atoms with Crippen LogP contribution in [0.2, 0.25) is 13.1 Å². The molecule has 2 nitrogen and oxygen atoms in total. The van der Waals surface area contributed by atoms with Gasteiger partial charge < -0.3 is 9.47 Å². The number of allylic oxidation sites excluding steroid dienone is 2. The Morgan fingerprint density at radius 1 is 0.538 bits per heavy atom. The Hall–Kier alpha value is -3.82. The molecule has 3 heteroatoms. The lowest BCUT2D eigenvalue weighted by molar-refractivity contribution is 0.409. The predicted molar refractivity (Wildman–Crippen MR) is 167 cm³/mol. The summed E-state index contributed by atoms with van der Waals surface area (Å²) in [6.45, 7) is 9.76. The second kappa shape index (κ2) is 9.73. The zero-order chi connectivity index (χ0) is 27.3. The van der Waals surface area contributed by atoms with Crippen LogP contribution in [-0.4, -0.2) is 22.3 Å². The normalized spacial score (nSPS) is 17.8. The van der Waals surface area contributed by atoms with Crippen molar-refractivity contribution in [2.45, 2.75) is 38.0 Å². The van der Waals surface area contributed by atoms with E-state index < -0.39 is 8.07 Å². The van der Waals surface area contributed by atoms with E-state index in [0.717, 1.165) is 11.5 Å². The van der Waals surface area contributed by atoms with E-state index in [2.05, 4.69) is 124 Å². The van der Waals surface area contributed by atoms with E-state index in [0.29, 0.717) is 11.1 Å². The molecule has 0 aromatic heterocycles. The molecule has 0 amide bonds. The van der Waals surface area contributed by atoms with Crippen LogP contribution in [0.15, 0.2) is 96.1 Å². The van der Waals surface area contributed by atoms with Crippen molar-refractivity contribution in [3.05, 3.63) is 118 Å². The number of ether oxygens (including phenoxy) is 2. The average Bonchev–Trinajstić information content (AvgIpc) is 3.50. The summed E-state index contributed by atoms with van der Waals surface area (Å²) in [6.07, 6.45) is 4.85. The van der Waals surface area contributed by atoms with Crippen molar-refractivity contribution in [2.24, 2.45) is 0 Å². The predicted octanol–water partition coefficient (Wildman–Crippen LogP) is 9.53. The van der Waals surface area contributed by atoms with Crippen LogP contribution in [0.5, 0.6) is 11.5 Å². The van der Waals surface area contributed by atoms with Crippen LogP contribution in [0, 0.1) is 0 Å². The molecule has 4 aromatic carbocycles. The van der Waals surface area contributed by atoms with Crippen molar-refractivity contribution in [3.8, 4) is 33.8 Å². The lowest BCUT2D eigenvalue weighted by Gasteiger charge is -2.40. The summed E-state index contributed by atoms with van der Waals surface area (Å²) in [5, 5.41) is 0. The largest absolute Gasteiger partial charge is 0.496 e. The summed E-state index contributed by atoms with van der Waals surface area (Å²) in [7, 11) is 1.51. The zero-order valence-electron chi connectivity index (χ0n) is 23.7. The SMILES string of the molecule is COc1ccc(-c2ccccc2)c2c1C([Si](C)(C)C1C(C)=Cc3c(-c4ccccc4)ccc(OC)c31)C(C)=C2. The molecule has 0 saturated heterocycles. The van der Waals surface area contributed by atoms with Crippen LogP contribution in [0.25, 0.3) is 34.4 Å². The molecule has 2 unspecified atom stereocenters. The fraction of sp³-hybridized carbons (Fsp3) is 0.222. The second-order valence-corrected chi connectivity index (χ2v) is 16.3. The topological polar surface area (TPSA) is 18.5 Å². The van der Waals surface area contributed by atoms with Gasteiger partial charge in [-0.25, -0.2) is 0 Å². The number of rotatable bonds is 6. The van der Waals surface area contributed by atoms with Gasteiger partial charge in [-0.2, -0.15) is 0 Å². The average molecular weight is 529 g/mol. The summed E-state index contributed by atoms with van der Waals surface area (Å²) < 4.78 is 12.1. The zero-order valence-corrected chi connectivity index (χ0v) is 24.7. The van der Waals surface area contributed by atoms with Gasteiger partial charge in [-0.05, 0) is 59.4 Å². The molecule has 0 aliphatic heterocycles. The van der Waals surface area contributed by atoms with Crippen LogP contribution >= 0.6 is 0 Å². The Kier molecular flexibility index (Phi) is 6.35. The van der Waals surface area contributed by atoms with E-state index in [9.17, 15) is 0 Å². The maximum Gasteiger partial charge on any atom is 0.123 e. The molecule has 0 N–H and O–H groups in total. The fourth-order valence-electron chi connectivity index (χ4n) is 7.40. The number of benzene rings is 4. The van der Waals surface area contributed by atoms with Crippen molar-refractivity contribution in [1.29, 1.82) is 0 Å². The number of fused-ring (bicyclic) bond motifs is 2. The Balaban J connectivity index is 1.53. The van der Waals surface area contributed by atoms with Gasteiger partial charge in [0.15, 0.2) is 0 Å². The lowest BCUT2D eigenvalue weighted by Crippen LogP contribution is -2.42. The van der Waals surface area contributed by atoms with E-state index in [1.54, 1.807) is 0 Å². The van der Waals surface area contributed by atoms with Crippen molar-refractivity contribution in [3.63, 3.8) is 0 Å². The van der Waals surface area contributed by atoms with Crippen LogP contribution in [0.4, 0.5) is 0 Å². The van der Waals surface area contributed by atoms with E-state index in [1.165, 1.54) is 55.7 Å². The molecule has 2 aliphatic carbocycles. The van der Waals surface area contributed by atoms with Crippen LogP contribution in [0.3, 0.4) is 0 Å². The molecule has 4 aromatic rings. The lowest BCUT2D eigenvalue weighted by atomic mass is 9.96. The Morgan fingerprint density at radius 2 is 0.923 bits per heavy atom. The van der Waals surface area contributed by atoms with Gasteiger partial charge in [0.25, 0.3) is 0 Å². The van der Waals surface area contributed by atoms with Gasteiger partial charge in [0.05, 0.1) is 22.3 Å². The monoisotopic (exact) mass is 528 g/mol. The van der Waals surface area contributed by atoms with Crippen molar-refractivity contribution >= 4 is 20.2 Å². The minimum Gasteiger partial charge on any atom is -0.496 e. The molecule has 6 rings (SSSR count). The van der Waals surface area contributed by atoms with E-state index in [4.69, 9.17) is 9.47 Å². The highest BCUT2D eigenvalue weighted by atomic mass is 28.3. The maximum absolute atomic E-state index is 6.05. The van der Waals surface area contributed by atoms with Crippen molar-refractivity contribution < 1.29 is 9.47 Å². The number of hydrogen-bond donors (Lipinski definition) is 0. The Bertz CT molecular complexity index is 1490. The van der Waals surface area contributed by atoms with Gasteiger partial charge >= 0.3 is 0 Å². The van der Waals surface area contributed by atoms with Crippen LogP contribution < -0.4 is 9.47 Å². The first-order valence-corrected chi connectivity index (χ1v) is 16.9. The van der Waals surface area contributed by atoms with Crippen LogP contribution in [0.1, 0.15) is 47.2 Å². The van der Waals surface area contributed by atoms with Crippen molar-refractivity contribution in [1.82, 2.24) is 0 Å². The summed E-state index contributed by atoms with van der Waals surface area (Å²) in [4.78, 5) is 0. The Morgan fingerprint density at radius 3 is 1.28 bits per heavy atom. The highest BCUT2D eigenvalue weighted by Crippen LogP contribution is 2.57. The summed E-state index contributed by atoms with van der Waals surface area (Å²) in [5.74, 6) is 1.99. The van der Waals surface area contributed by atoms with Gasteiger partial charge in [0.2, 0.25) is 0 Å². The fourth-order valence-corrected chi connectivity index (χ4v) is 12.3. The second-order valence-electron chi connectivity index (χ2n) is 11.5. The molecule has 2 aliphatic rings. The smallest absolute Gasteiger partial charge is 0.123 e. The highest BCUT2D eigenvalue weighted by Gasteiger charge is 2.49. The summed E-state index contributed by atoms with van der Waals surface area (Å²) >= 11 is 0. The molecule has 0 saturated carbocycles. The molecule has 196 valence electrons. The molecular formula is C36H36O2Si. The third-order valence-corrected chi connectivity index (χ3v) is 13.3. The first kappa shape index (κ1) is 25.5. The van der Waals surface area contributed by atoms with E-state index in [1.807, 2.05) is 14.2 Å². The van der Waals surface area contributed by atoms with Gasteiger partial charge in [0, 0.05) is 22.2 Å². The molecule has 2 atom stereocenters. The van der Waals surface area contributed by atoms with E-state index in [-0.39, 0.29) is 0 Å². The minimum absolute atomic E-state index is 0.329. The third kappa shape index (κ3) is 3.99. The standard InChI is InChI=1S/C36H36O2Si/c1-23-21-29-27(25-13-9-7-10-14-25)17-19-31(37-3)33(29)35(23)39(5,6)36-24(2)22-30-28(26-15-11-8-12-16-26)18-20-32(38-4)34(30)36/h7-22,35-36H,1-6H3. The first-order valence-electron chi connectivity index (χ1n) is 13.8. The molecule has 39 heavy (non-hydrogen) atoms. The number of hydrogen-bond acceptors (Lipinski definition) is 2. The van der Waals surface area contributed by atoms with Gasteiger partial charge in [-0.15, -0.1) is 0 Å². The molecule has 0 fully saturated rings. The molecule has 0 bridgehead atoms. The summed E-state index contributed by atoms with van der Waals surface area (Å²) in [6, 6.07) is 30.2. The van der Waals surface area contributed by atoms with E-state index >= 15 is 0 Å². The molecule has 0 radical (unpaired) electrons. The molecule has 0 spiro atoms. The maximum atomic E-state index is 6.05. The number of methoxy groups -OCH3 is 2. The third-order valence-electron chi connectivity index (χ3n) is 8.82. The van der Waals surface area contributed by atoms with Crippen molar-refractivity contribution in [2.75, 3.05) is 14.2 Å². The van der Waals surface area contributed by atoms with Gasteiger partial charge in [-0.1, -0.05) is 109 Å².